The molecule has 1 heterocycles. The Morgan fingerprint density at radius 1 is 1.03 bits per heavy atom. The molecule has 2 N–H and O–H groups in total. The highest BCUT2D eigenvalue weighted by Gasteiger charge is 2.27. The Kier molecular flexibility index (Phi) is 6.58. The second-order valence-electron chi connectivity index (χ2n) is 7.99. The highest BCUT2D eigenvalue weighted by molar-refractivity contribution is 6.31. The molecule has 0 saturated carbocycles. The maximum Gasteiger partial charge on any atom is 0.258 e. The molecule has 1 aliphatic rings. The van der Waals surface area contributed by atoms with E-state index < -0.39 is 0 Å². The van der Waals surface area contributed by atoms with E-state index in [9.17, 15) is 9.59 Å². The van der Waals surface area contributed by atoms with Crippen molar-refractivity contribution in [3.63, 3.8) is 0 Å². The van der Waals surface area contributed by atoms with Crippen LogP contribution >= 0.6 is 11.6 Å². The predicted octanol–water partition coefficient (Wildman–Crippen LogP) is 5.60. The molecule has 0 aromatic heterocycles. The van der Waals surface area contributed by atoms with E-state index in [2.05, 4.69) is 10.6 Å². The van der Waals surface area contributed by atoms with E-state index in [4.69, 9.17) is 11.6 Å². The number of carbonyl (C=O) groups excluding carboxylic acids is 2. The van der Waals surface area contributed by atoms with Gasteiger partial charge in [0.1, 0.15) is 0 Å². The monoisotopic (exact) mass is 447 g/mol. The largest absolute Gasteiger partial charge is 0.322 e. The summed E-state index contributed by atoms with van der Waals surface area (Å²) in [6.45, 7) is 2.52. The first-order chi connectivity index (χ1) is 15.5. The fourth-order valence-electron chi connectivity index (χ4n) is 4.16. The number of hydrogen-bond acceptors (Lipinski definition) is 3. The molecule has 4 rings (SSSR count). The van der Waals surface area contributed by atoms with Crippen molar-refractivity contribution < 1.29 is 9.59 Å². The first-order valence-corrected chi connectivity index (χ1v) is 11.1. The van der Waals surface area contributed by atoms with Gasteiger partial charge >= 0.3 is 0 Å². The van der Waals surface area contributed by atoms with Crippen molar-refractivity contribution in [1.82, 2.24) is 5.32 Å². The van der Waals surface area contributed by atoms with E-state index in [1.165, 1.54) is 0 Å². The predicted molar refractivity (Wildman–Crippen MR) is 130 cm³/mol. The molecule has 32 heavy (non-hydrogen) atoms. The number of amides is 2. The summed E-state index contributed by atoms with van der Waals surface area (Å²) in [7, 11) is 1.94. The van der Waals surface area contributed by atoms with E-state index in [0.29, 0.717) is 28.4 Å². The van der Waals surface area contributed by atoms with Gasteiger partial charge in [0.15, 0.2) is 0 Å². The van der Waals surface area contributed by atoms with Gasteiger partial charge in [-0.25, -0.2) is 0 Å². The van der Waals surface area contributed by atoms with Crippen LogP contribution in [0.25, 0.3) is 0 Å². The van der Waals surface area contributed by atoms with E-state index >= 15 is 0 Å². The van der Waals surface area contributed by atoms with Crippen LogP contribution in [0.3, 0.4) is 0 Å². The standard InChI is InChI=1S/C26H26ClN3O2/c1-17-6-3-4-7-21(17)25(31)29-20-12-9-18(10-13-20)26(32)30-15-5-8-23(28-2)22-14-11-19(27)16-24(22)30/h3-4,6-7,9-14,16,23,28H,5,8,15H2,1-2H3,(H,29,31). The first kappa shape index (κ1) is 22.1. The minimum absolute atomic E-state index is 0.0814. The molecule has 0 aliphatic carbocycles. The Balaban J connectivity index is 1.56. The average molecular weight is 448 g/mol. The van der Waals surface area contributed by atoms with Crippen LogP contribution < -0.4 is 15.5 Å². The minimum atomic E-state index is -0.170. The number of aryl methyl sites for hydroxylation is 1. The quantitative estimate of drug-likeness (QED) is 0.547. The van der Waals surface area contributed by atoms with Crippen LogP contribution in [0.5, 0.6) is 0 Å². The molecule has 6 heteroatoms. The van der Waals surface area contributed by atoms with Gasteiger partial charge < -0.3 is 15.5 Å². The van der Waals surface area contributed by atoms with Gasteiger partial charge in [-0.3, -0.25) is 9.59 Å². The lowest BCUT2D eigenvalue weighted by atomic mass is 10.0. The van der Waals surface area contributed by atoms with Crippen molar-refractivity contribution in [1.29, 1.82) is 0 Å². The fraction of sp³-hybridized carbons (Fsp3) is 0.231. The van der Waals surface area contributed by atoms with Crippen LogP contribution in [0, 0.1) is 6.92 Å². The molecule has 3 aromatic rings. The van der Waals surface area contributed by atoms with Crippen LogP contribution in [-0.4, -0.2) is 25.4 Å². The maximum atomic E-state index is 13.4. The zero-order chi connectivity index (χ0) is 22.7. The second-order valence-corrected chi connectivity index (χ2v) is 8.43. The lowest BCUT2D eigenvalue weighted by molar-refractivity contribution is 0.0985. The third-order valence-corrected chi connectivity index (χ3v) is 6.14. The van der Waals surface area contributed by atoms with E-state index in [1.54, 1.807) is 35.2 Å². The molecular formula is C26H26ClN3O2. The third-order valence-electron chi connectivity index (χ3n) is 5.91. The summed E-state index contributed by atoms with van der Waals surface area (Å²) < 4.78 is 0. The molecule has 1 atom stereocenters. The summed E-state index contributed by atoms with van der Waals surface area (Å²) >= 11 is 6.27. The molecule has 1 aliphatic heterocycles. The smallest absolute Gasteiger partial charge is 0.258 e. The Morgan fingerprint density at radius 3 is 2.50 bits per heavy atom. The van der Waals surface area contributed by atoms with Crippen molar-refractivity contribution in [2.24, 2.45) is 0 Å². The molecule has 0 radical (unpaired) electrons. The van der Waals surface area contributed by atoms with Crippen LogP contribution in [-0.2, 0) is 0 Å². The van der Waals surface area contributed by atoms with E-state index in [0.717, 1.165) is 29.7 Å². The highest BCUT2D eigenvalue weighted by Crippen LogP contribution is 2.35. The van der Waals surface area contributed by atoms with Gasteiger partial charge in [-0.1, -0.05) is 35.9 Å². The number of fused-ring (bicyclic) bond motifs is 1. The molecular weight excluding hydrogens is 422 g/mol. The Morgan fingerprint density at radius 2 is 1.78 bits per heavy atom. The van der Waals surface area contributed by atoms with Gasteiger partial charge in [0.25, 0.3) is 11.8 Å². The summed E-state index contributed by atoms with van der Waals surface area (Å²) in [5, 5.41) is 6.85. The van der Waals surface area contributed by atoms with Gasteiger partial charge in [-0.2, -0.15) is 0 Å². The number of carbonyl (C=O) groups is 2. The van der Waals surface area contributed by atoms with Gasteiger partial charge in [-0.15, -0.1) is 0 Å². The highest BCUT2D eigenvalue weighted by atomic mass is 35.5. The summed E-state index contributed by atoms with van der Waals surface area (Å²) in [6, 6.07) is 20.4. The summed E-state index contributed by atoms with van der Waals surface area (Å²) in [6.07, 6.45) is 1.83. The molecule has 0 spiro atoms. The molecule has 1 unspecified atom stereocenters. The van der Waals surface area contributed by atoms with Crippen LogP contribution in [0.15, 0.2) is 66.7 Å². The van der Waals surface area contributed by atoms with Crippen LogP contribution in [0.2, 0.25) is 5.02 Å². The summed E-state index contributed by atoms with van der Waals surface area (Å²) in [5.74, 6) is -0.251. The third kappa shape index (κ3) is 4.54. The van der Waals surface area contributed by atoms with Crippen molar-refractivity contribution in [2.75, 3.05) is 23.8 Å². The fourth-order valence-corrected chi connectivity index (χ4v) is 4.33. The van der Waals surface area contributed by atoms with Crippen molar-refractivity contribution >= 4 is 34.8 Å². The zero-order valence-electron chi connectivity index (χ0n) is 18.2. The molecule has 0 fully saturated rings. The molecule has 164 valence electrons. The Hall–Kier alpha value is -3.15. The molecule has 0 saturated heterocycles. The minimum Gasteiger partial charge on any atom is -0.322 e. The summed E-state index contributed by atoms with van der Waals surface area (Å²) in [5.41, 5.74) is 4.66. The SMILES string of the molecule is CNC1CCCN(C(=O)c2ccc(NC(=O)c3ccccc3C)cc2)c2cc(Cl)ccc21. The van der Waals surface area contributed by atoms with Gasteiger partial charge in [0.2, 0.25) is 0 Å². The second kappa shape index (κ2) is 9.55. The number of nitrogens with zero attached hydrogens (tertiary/aromatic N) is 1. The topological polar surface area (TPSA) is 61.4 Å². The number of anilines is 2. The number of nitrogens with one attached hydrogen (secondary N) is 2. The Labute approximate surface area is 193 Å². The first-order valence-electron chi connectivity index (χ1n) is 10.7. The molecule has 3 aromatic carbocycles. The number of halogens is 1. The zero-order valence-corrected chi connectivity index (χ0v) is 18.9. The summed E-state index contributed by atoms with van der Waals surface area (Å²) in [4.78, 5) is 27.8. The van der Waals surface area contributed by atoms with Gasteiger partial charge in [0.05, 0.1) is 5.69 Å². The van der Waals surface area contributed by atoms with Crippen molar-refractivity contribution in [3.8, 4) is 0 Å². The lowest BCUT2D eigenvalue weighted by Crippen LogP contribution is -2.31. The van der Waals surface area contributed by atoms with E-state index in [1.807, 2.05) is 50.4 Å². The van der Waals surface area contributed by atoms with Gasteiger partial charge in [0, 0.05) is 34.4 Å². The van der Waals surface area contributed by atoms with Crippen molar-refractivity contribution in [2.45, 2.75) is 25.8 Å². The molecule has 2 amide bonds. The number of hydrogen-bond donors (Lipinski definition) is 2. The van der Waals surface area contributed by atoms with Crippen molar-refractivity contribution in [3.05, 3.63) is 94.0 Å². The normalized spacial score (nSPS) is 15.6. The number of benzene rings is 3. The maximum absolute atomic E-state index is 13.4. The average Bonchev–Trinajstić information content (AvgIpc) is 2.98. The Bertz CT molecular complexity index is 1140. The van der Waals surface area contributed by atoms with Crippen LogP contribution in [0.1, 0.15) is 50.7 Å². The molecule has 0 bridgehead atoms. The lowest BCUT2D eigenvalue weighted by Gasteiger charge is -2.24. The number of rotatable bonds is 4. The molecule has 5 nitrogen and oxygen atoms in total. The van der Waals surface area contributed by atoms with E-state index in [-0.39, 0.29) is 17.9 Å². The van der Waals surface area contributed by atoms with Gasteiger partial charge in [-0.05, 0) is 80.4 Å². The van der Waals surface area contributed by atoms with Crippen LogP contribution in [0.4, 0.5) is 11.4 Å².